The number of aliphatic hydroxyl groups is 1. The molecule has 1 N–H and O–H groups in total. The molecular weight excluding hydrogens is 176 g/mol. The largest absolute Gasteiger partial charge is 0.388 e. The molecule has 1 aromatic rings. The van der Waals surface area contributed by atoms with Crippen molar-refractivity contribution in [2.45, 2.75) is 12.5 Å². The average molecular weight is 186 g/mol. The Hall–Kier alpha value is -1.84. The predicted octanol–water partition coefficient (Wildman–Crippen LogP) is 1.77. The van der Waals surface area contributed by atoms with Gasteiger partial charge in [-0.1, -0.05) is 30.3 Å². The van der Waals surface area contributed by atoms with E-state index in [9.17, 15) is 5.11 Å². The second-order valence-electron chi connectivity index (χ2n) is 2.97. The monoisotopic (exact) mass is 186 g/mol. The molecule has 0 bridgehead atoms. The molecule has 0 heterocycles. The molecule has 0 saturated heterocycles. The van der Waals surface area contributed by atoms with Crippen LogP contribution in [-0.2, 0) is 0 Å². The quantitative estimate of drug-likeness (QED) is 0.782. The van der Waals surface area contributed by atoms with Gasteiger partial charge in [0.05, 0.1) is 18.2 Å². The summed E-state index contributed by atoms with van der Waals surface area (Å²) in [5.74, 6) is -0.745. The Morgan fingerprint density at radius 1 is 1.14 bits per heavy atom. The van der Waals surface area contributed by atoms with Gasteiger partial charge in [-0.05, 0) is 5.56 Å². The molecule has 0 fully saturated rings. The number of nitriles is 2. The van der Waals surface area contributed by atoms with Crippen LogP contribution < -0.4 is 0 Å². The van der Waals surface area contributed by atoms with Gasteiger partial charge < -0.3 is 5.11 Å². The first-order valence-electron chi connectivity index (χ1n) is 4.30. The highest BCUT2D eigenvalue weighted by molar-refractivity contribution is 5.18. The van der Waals surface area contributed by atoms with Crippen molar-refractivity contribution in [2.24, 2.45) is 5.92 Å². The van der Waals surface area contributed by atoms with Crippen molar-refractivity contribution in [3.05, 3.63) is 35.9 Å². The zero-order chi connectivity index (χ0) is 10.4. The van der Waals surface area contributed by atoms with E-state index >= 15 is 0 Å². The molecule has 0 aliphatic carbocycles. The fraction of sp³-hybridized carbons (Fsp3) is 0.273. The van der Waals surface area contributed by atoms with Gasteiger partial charge in [0, 0.05) is 6.42 Å². The third-order valence-electron chi connectivity index (χ3n) is 1.95. The van der Waals surface area contributed by atoms with Crippen molar-refractivity contribution in [1.82, 2.24) is 0 Å². The number of hydrogen-bond acceptors (Lipinski definition) is 3. The van der Waals surface area contributed by atoms with E-state index in [-0.39, 0.29) is 6.42 Å². The van der Waals surface area contributed by atoms with E-state index in [2.05, 4.69) is 0 Å². The van der Waals surface area contributed by atoms with E-state index in [1.165, 1.54) is 0 Å². The van der Waals surface area contributed by atoms with Gasteiger partial charge in [-0.15, -0.1) is 0 Å². The number of benzene rings is 1. The van der Waals surface area contributed by atoms with E-state index in [0.29, 0.717) is 0 Å². The smallest absolute Gasteiger partial charge is 0.136 e. The van der Waals surface area contributed by atoms with E-state index in [4.69, 9.17) is 10.5 Å². The normalized spacial score (nSPS) is 11.7. The van der Waals surface area contributed by atoms with Crippen molar-refractivity contribution in [3.63, 3.8) is 0 Å². The molecule has 1 unspecified atom stereocenters. The number of nitrogens with zero attached hydrogens (tertiary/aromatic N) is 2. The van der Waals surface area contributed by atoms with Crippen LogP contribution in [0.2, 0.25) is 0 Å². The number of rotatable bonds is 3. The fourth-order valence-electron chi connectivity index (χ4n) is 1.17. The Morgan fingerprint density at radius 2 is 1.71 bits per heavy atom. The first-order chi connectivity index (χ1) is 6.77. The number of hydrogen-bond donors (Lipinski definition) is 1. The molecule has 14 heavy (non-hydrogen) atoms. The molecule has 0 saturated carbocycles. The summed E-state index contributed by atoms with van der Waals surface area (Å²) >= 11 is 0. The van der Waals surface area contributed by atoms with Crippen LogP contribution in [-0.4, -0.2) is 5.11 Å². The van der Waals surface area contributed by atoms with Gasteiger partial charge in [-0.25, -0.2) is 0 Å². The van der Waals surface area contributed by atoms with E-state index in [1.54, 1.807) is 12.1 Å². The first-order valence-corrected chi connectivity index (χ1v) is 4.30. The Labute approximate surface area is 82.8 Å². The van der Waals surface area contributed by atoms with Crippen molar-refractivity contribution >= 4 is 0 Å². The van der Waals surface area contributed by atoms with E-state index in [0.717, 1.165) is 5.56 Å². The minimum atomic E-state index is -0.745. The van der Waals surface area contributed by atoms with Gasteiger partial charge in [0.25, 0.3) is 0 Å². The summed E-state index contributed by atoms with van der Waals surface area (Å²) < 4.78 is 0. The molecule has 0 aliphatic rings. The lowest BCUT2D eigenvalue weighted by atomic mass is 9.99. The minimum Gasteiger partial charge on any atom is -0.388 e. The molecule has 3 heteroatoms. The van der Waals surface area contributed by atoms with Crippen molar-refractivity contribution in [3.8, 4) is 12.1 Å². The standard InChI is InChI=1S/C11H10N2O/c12-7-9(8-13)6-11(14)10-4-2-1-3-5-10/h1-5,9,11,14H,6H2. The molecule has 0 aromatic heterocycles. The lowest BCUT2D eigenvalue weighted by Gasteiger charge is -2.10. The minimum absolute atomic E-state index is 0.164. The zero-order valence-corrected chi connectivity index (χ0v) is 7.59. The van der Waals surface area contributed by atoms with Crippen molar-refractivity contribution in [2.75, 3.05) is 0 Å². The Morgan fingerprint density at radius 3 is 2.21 bits per heavy atom. The highest BCUT2D eigenvalue weighted by atomic mass is 16.3. The molecular formula is C11H10N2O. The Balaban J connectivity index is 2.65. The molecule has 0 spiro atoms. The maximum atomic E-state index is 9.65. The Bertz CT molecular complexity index is 347. The second-order valence-corrected chi connectivity index (χ2v) is 2.97. The summed E-state index contributed by atoms with van der Waals surface area (Å²) in [5.41, 5.74) is 0.739. The van der Waals surface area contributed by atoms with Crippen LogP contribution in [0.1, 0.15) is 18.1 Å². The van der Waals surface area contributed by atoms with Crippen LogP contribution in [0.15, 0.2) is 30.3 Å². The van der Waals surface area contributed by atoms with Gasteiger partial charge in [0.1, 0.15) is 5.92 Å². The SMILES string of the molecule is N#CC(C#N)CC(O)c1ccccc1. The average Bonchev–Trinajstić information content (AvgIpc) is 2.26. The highest BCUT2D eigenvalue weighted by Crippen LogP contribution is 2.20. The second kappa shape index (κ2) is 5.01. The van der Waals surface area contributed by atoms with Gasteiger partial charge >= 0.3 is 0 Å². The van der Waals surface area contributed by atoms with Crippen LogP contribution in [0.3, 0.4) is 0 Å². The van der Waals surface area contributed by atoms with Gasteiger partial charge in [0.15, 0.2) is 0 Å². The van der Waals surface area contributed by atoms with Gasteiger partial charge in [0.2, 0.25) is 0 Å². The van der Waals surface area contributed by atoms with Crippen LogP contribution in [0.25, 0.3) is 0 Å². The van der Waals surface area contributed by atoms with Crippen molar-refractivity contribution < 1.29 is 5.11 Å². The lowest BCUT2D eigenvalue weighted by molar-refractivity contribution is 0.161. The summed E-state index contributed by atoms with van der Waals surface area (Å²) in [6.07, 6.45) is -0.572. The van der Waals surface area contributed by atoms with Gasteiger partial charge in [-0.2, -0.15) is 10.5 Å². The summed E-state index contributed by atoms with van der Waals surface area (Å²) in [6.45, 7) is 0. The molecule has 0 radical (unpaired) electrons. The number of aliphatic hydroxyl groups excluding tert-OH is 1. The zero-order valence-electron chi connectivity index (χ0n) is 7.59. The molecule has 0 amide bonds. The highest BCUT2D eigenvalue weighted by Gasteiger charge is 2.14. The lowest BCUT2D eigenvalue weighted by Crippen LogP contribution is -2.03. The van der Waals surface area contributed by atoms with Crippen LogP contribution in [0.5, 0.6) is 0 Å². The molecule has 3 nitrogen and oxygen atoms in total. The molecule has 1 rings (SSSR count). The van der Waals surface area contributed by atoms with Crippen LogP contribution >= 0.6 is 0 Å². The van der Waals surface area contributed by atoms with Crippen LogP contribution in [0, 0.1) is 28.6 Å². The summed E-state index contributed by atoms with van der Waals surface area (Å²) in [7, 11) is 0. The van der Waals surface area contributed by atoms with Gasteiger partial charge in [-0.3, -0.25) is 0 Å². The molecule has 70 valence electrons. The molecule has 1 atom stereocenters. The third-order valence-corrected chi connectivity index (χ3v) is 1.95. The maximum absolute atomic E-state index is 9.65. The summed E-state index contributed by atoms with van der Waals surface area (Å²) in [4.78, 5) is 0. The van der Waals surface area contributed by atoms with Crippen molar-refractivity contribution in [1.29, 1.82) is 10.5 Å². The third kappa shape index (κ3) is 2.58. The summed E-state index contributed by atoms with van der Waals surface area (Å²) in [6, 6.07) is 12.7. The summed E-state index contributed by atoms with van der Waals surface area (Å²) in [5, 5.41) is 26.7. The molecule has 1 aromatic carbocycles. The van der Waals surface area contributed by atoms with E-state index in [1.807, 2.05) is 30.3 Å². The topological polar surface area (TPSA) is 67.8 Å². The molecule has 0 aliphatic heterocycles. The maximum Gasteiger partial charge on any atom is 0.136 e. The van der Waals surface area contributed by atoms with E-state index < -0.39 is 12.0 Å². The predicted molar refractivity (Wildman–Crippen MR) is 50.7 cm³/mol. The Kier molecular flexibility index (Phi) is 3.67. The fourth-order valence-corrected chi connectivity index (χ4v) is 1.17. The van der Waals surface area contributed by atoms with Crippen LogP contribution in [0.4, 0.5) is 0 Å². The first kappa shape index (κ1) is 10.2.